The van der Waals surface area contributed by atoms with Crippen molar-refractivity contribution < 1.29 is 4.79 Å². The summed E-state index contributed by atoms with van der Waals surface area (Å²) in [4.78, 5) is 13.8. The topological polar surface area (TPSA) is 32.3 Å². The molecule has 0 atom stereocenters. The van der Waals surface area contributed by atoms with Gasteiger partial charge in [0.2, 0.25) is 5.91 Å². The van der Waals surface area contributed by atoms with Crippen LogP contribution >= 0.6 is 0 Å². The number of nitrogens with zero attached hydrogens (tertiary/aromatic N) is 1. The lowest BCUT2D eigenvalue weighted by molar-refractivity contribution is -0.116. The molecule has 1 aromatic carbocycles. The molecule has 0 aliphatic rings. The van der Waals surface area contributed by atoms with Gasteiger partial charge in [-0.1, -0.05) is 44.2 Å². The molecule has 3 heteroatoms. The van der Waals surface area contributed by atoms with Crippen LogP contribution in [0.1, 0.15) is 19.4 Å². The van der Waals surface area contributed by atoms with Crippen molar-refractivity contribution in [2.24, 2.45) is 0 Å². The molecule has 1 N–H and O–H groups in total. The summed E-state index contributed by atoms with van der Waals surface area (Å²) in [5.74, 6) is -0.0361. The Balaban J connectivity index is 2.28. The molecule has 1 aromatic rings. The van der Waals surface area contributed by atoms with Crippen LogP contribution in [0.4, 0.5) is 0 Å². The summed E-state index contributed by atoms with van der Waals surface area (Å²) in [5.41, 5.74) is 1.04. The van der Waals surface area contributed by atoms with Crippen molar-refractivity contribution in [2.45, 2.75) is 13.8 Å². The number of nitrogens with one attached hydrogen (secondary N) is 1. The van der Waals surface area contributed by atoms with Gasteiger partial charge in [-0.3, -0.25) is 4.79 Å². The Morgan fingerprint density at radius 2 is 1.89 bits per heavy atom. The van der Waals surface area contributed by atoms with Crippen molar-refractivity contribution in [3.63, 3.8) is 0 Å². The molecule has 0 aliphatic carbocycles. The lowest BCUT2D eigenvalue weighted by Crippen LogP contribution is -2.34. The van der Waals surface area contributed by atoms with Crippen LogP contribution in [-0.2, 0) is 4.79 Å². The SMILES string of the molecule is CCN(CC)CCNC(=O)/C=C/c1ccccc1. The van der Waals surface area contributed by atoms with Crippen LogP contribution in [0.2, 0.25) is 0 Å². The Kier molecular flexibility index (Phi) is 6.81. The van der Waals surface area contributed by atoms with Crippen molar-refractivity contribution >= 4 is 12.0 Å². The third kappa shape index (κ3) is 5.64. The van der Waals surface area contributed by atoms with Gasteiger partial charge in [0.15, 0.2) is 0 Å². The van der Waals surface area contributed by atoms with E-state index in [1.165, 1.54) is 0 Å². The average molecular weight is 246 g/mol. The molecule has 3 nitrogen and oxygen atoms in total. The second-order valence-electron chi connectivity index (χ2n) is 4.06. The van der Waals surface area contributed by atoms with E-state index in [0.29, 0.717) is 6.54 Å². The molecule has 18 heavy (non-hydrogen) atoms. The number of amides is 1. The fourth-order valence-electron chi connectivity index (χ4n) is 1.67. The van der Waals surface area contributed by atoms with E-state index in [9.17, 15) is 4.79 Å². The van der Waals surface area contributed by atoms with Crippen LogP contribution < -0.4 is 5.32 Å². The summed E-state index contributed by atoms with van der Waals surface area (Å²) in [6.45, 7) is 7.89. The normalized spacial score (nSPS) is 11.1. The van der Waals surface area contributed by atoms with Crippen LogP contribution in [0.25, 0.3) is 6.08 Å². The predicted octanol–water partition coefficient (Wildman–Crippen LogP) is 2.16. The summed E-state index contributed by atoms with van der Waals surface area (Å²) in [5, 5.41) is 2.88. The lowest BCUT2D eigenvalue weighted by atomic mass is 10.2. The summed E-state index contributed by atoms with van der Waals surface area (Å²) < 4.78 is 0. The van der Waals surface area contributed by atoms with Crippen molar-refractivity contribution in [1.29, 1.82) is 0 Å². The average Bonchev–Trinajstić information content (AvgIpc) is 2.42. The van der Waals surface area contributed by atoms with E-state index in [2.05, 4.69) is 24.1 Å². The maximum Gasteiger partial charge on any atom is 0.244 e. The van der Waals surface area contributed by atoms with Crippen LogP contribution in [-0.4, -0.2) is 37.0 Å². The fourth-order valence-corrected chi connectivity index (χ4v) is 1.67. The van der Waals surface area contributed by atoms with E-state index in [4.69, 9.17) is 0 Å². The minimum atomic E-state index is -0.0361. The van der Waals surface area contributed by atoms with E-state index in [1.54, 1.807) is 6.08 Å². The zero-order valence-corrected chi connectivity index (χ0v) is 11.2. The molecule has 1 amide bonds. The second kappa shape index (κ2) is 8.48. The predicted molar refractivity (Wildman–Crippen MR) is 76.3 cm³/mol. The van der Waals surface area contributed by atoms with Gasteiger partial charge in [0.05, 0.1) is 0 Å². The zero-order valence-electron chi connectivity index (χ0n) is 11.2. The van der Waals surface area contributed by atoms with E-state index < -0.39 is 0 Å². The van der Waals surface area contributed by atoms with Crippen molar-refractivity contribution in [1.82, 2.24) is 10.2 Å². The maximum atomic E-state index is 11.6. The van der Waals surface area contributed by atoms with Crippen LogP contribution in [0, 0.1) is 0 Å². The quantitative estimate of drug-likeness (QED) is 0.748. The first-order valence-corrected chi connectivity index (χ1v) is 6.49. The number of hydrogen-bond acceptors (Lipinski definition) is 2. The first-order valence-electron chi connectivity index (χ1n) is 6.49. The number of carbonyl (C=O) groups is 1. The largest absolute Gasteiger partial charge is 0.351 e. The number of carbonyl (C=O) groups excluding carboxylic acids is 1. The molecule has 0 heterocycles. The minimum absolute atomic E-state index is 0.0361. The summed E-state index contributed by atoms with van der Waals surface area (Å²) >= 11 is 0. The molecule has 0 saturated carbocycles. The van der Waals surface area contributed by atoms with Crippen molar-refractivity contribution in [3.05, 3.63) is 42.0 Å². The molecule has 0 unspecified atom stereocenters. The molecular formula is C15H22N2O. The molecule has 0 aliphatic heterocycles. The monoisotopic (exact) mass is 246 g/mol. The van der Waals surface area contributed by atoms with Crippen LogP contribution in [0.5, 0.6) is 0 Å². The lowest BCUT2D eigenvalue weighted by Gasteiger charge is -2.17. The van der Waals surface area contributed by atoms with Gasteiger partial charge >= 0.3 is 0 Å². The molecule has 1 rings (SSSR count). The van der Waals surface area contributed by atoms with Gasteiger partial charge in [0.1, 0.15) is 0 Å². The number of rotatable bonds is 7. The Morgan fingerprint density at radius 3 is 2.50 bits per heavy atom. The smallest absolute Gasteiger partial charge is 0.244 e. The number of benzene rings is 1. The summed E-state index contributed by atoms with van der Waals surface area (Å²) in [6, 6.07) is 9.82. The van der Waals surface area contributed by atoms with Gasteiger partial charge in [0.25, 0.3) is 0 Å². The van der Waals surface area contributed by atoms with Gasteiger partial charge < -0.3 is 10.2 Å². The molecule has 0 aromatic heterocycles. The highest BCUT2D eigenvalue weighted by Crippen LogP contribution is 2.00. The van der Waals surface area contributed by atoms with E-state index in [-0.39, 0.29) is 5.91 Å². The van der Waals surface area contributed by atoms with Gasteiger partial charge in [-0.05, 0) is 24.7 Å². The van der Waals surface area contributed by atoms with Gasteiger partial charge in [-0.15, -0.1) is 0 Å². The van der Waals surface area contributed by atoms with Gasteiger partial charge in [-0.25, -0.2) is 0 Å². The molecule has 0 bridgehead atoms. The molecule has 0 spiro atoms. The molecule has 0 fully saturated rings. The molecule has 98 valence electrons. The third-order valence-corrected chi connectivity index (χ3v) is 2.85. The van der Waals surface area contributed by atoms with Crippen molar-refractivity contribution in [2.75, 3.05) is 26.2 Å². The highest BCUT2D eigenvalue weighted by Gasteiger charge is 1.99. The standard InChI is InChI=1S/C15H22N2O/c1-3-17(4-2)13-12-16-15(18)11-10-14-8-6-5-7-9-14/h5-11H,3-4,12-13H2,1-2H3,(H,16,18)/b11-10+. The molecular weight excluding hydrogens is 224 g/mol. The number of likely N-dealkylation sites (N-methyl/N-ethyl adjacent to an activating group) is 1. The van der Waals surface area contributed by atoms with Crippen LogP contribution in [0.3, 0.4) is 0 Å². The first kappa shape index (κ1) is 14.5. The Labute approximate surface area is 109 Å². The number of hydrogen-bond donors (Lipinski definition) is 1. The van der Waals surface area contributed by atoms with E-state index in [0.717, 1.165) is 25.2 Å². The molecule has 0 saturated heterocycles. The minimum Gasteiger partial charge on any atom is -0.351 e. The van der Waals surface area contributed by atoms with Crippen LogP contribution in [0.15, 0.2) is 36.4 Å². The van der Waals surface area contributed by atoms with Crippen molar-refractivity contribution in [3.8, 4) is 0 Å². The fraction of sp³-hybridized carbons (Fsp3) is 0.400. The highest BCUT2D eigenvalue weighted by atomic mass is 16.1. The second-order valence-corrected chi connectivity index (χ2v) is 4.06. The highest BCUT2D eigenvalue weighted by molar-refractivity contribution is 5.91. The first-order chi connectivity index (χ1) is 8.76. The van der Waals surface area contributed by atoms with Gasteiger partial charge in [0, 0.05) is 19.2 Å². The summed E-state index contributed by atoms with van der Waals surface area (Å²) in [7, 11) is 0. The Bertz CT molecular complexity index is 369. The zero-order chi connectivity index (χ0) is 13.2. The summed E-state index contributed by atoms with van der Waals surface area (Å²) in [6.07, 6.45) is 3.41. The maximum absolute atomic E-state index is 11.6. The Hall–Kier alpha value is -1.61. The molecule has 0 radical (unpaired) electrons. The Morgan fingerprint density at radius 1 is 1.22 bits per heavy atom. The van der Waals surface area contributed by atoms with E-state index >= 15 is 0 Å². The van der Waals surface area contributed by atoms with Gasteiger partial charge in [-0.2, -0.15) is 0 Å². The third-order valence-electron chi connectivity index (χ3n) is 2.85. The van der Waals surface area contributed by atoms with E-state index in [1.807, 2.05) is 36.4 Å².